The van der Waals surface area contributed by atoms with Crippen molar-refractivity contribution in [3.8, 4) is 0 Å². The van der Waals surface area contributed by atoms with Gasteiger partial charge in [-0.1, -0.05) is 6.42 Å². The lowest BCUT2D eigenvalue weighted by molar-refractivity contribution is 0.101. The van der Waals surface area contributed by atoms with Crippen LogP contribution in [0.1, 0.15) is 48.5 Å². The number of ketones is 1. The fourth-order valence-corrected chi connectivity index (χ4v) is 3.07. The fourth-order valence-electron chi connectivity index (χ4n) is 3.07. The van der Waals surface area contributed by atoms with Crippen molar-refractivity contribution in [3.05, 3.63) is 29.3 Å². The van der Waals surface area contributed by atoms with Gasteiger partial charge in [0.1, 0.15) is 0 Å². The van der Waals surface area contributed by atoms with Crippen molar-refractivity contribution >= 4 is 11.5 Å². The molecule has 1 heterocycles. The summed E-state index contributed by atoms with van der Waals surface area (Å²) in [4.78, 5) is 14.0. The number of anilines is 1. The van der Waals surface area contributed by atoms with Crippen LogP contribution in [0.2, 0.25) is 0 Å². The van der Waals surface area contributed by atoms with Crippen molar-refractivity contribution in [3.63, 3.8) is 0 Å². The molecule has 0 unspecified atom stereocenters. The summed E-state index contributed by atoms with van der Waals surface area (Å²) in [5, 5.41) is 0. The van der Waals surface area contributed by atoms with E-state index in [9.17, 15) is 4.79 Å². The van der Waals surface area contributed by atoms with Gasteiger partial charge in [0.2, 0.25) is 0 Å². The van der Waals surface area contributed by atoms with Gasteiger partial charge < -0.3 is 4.90 Å². The average Bonchev–Trinajstić information content (AvgIpc) is 2.33. The monoisotopic (exact) mass is 243 g/mol. The summed E-state index contributed by atoms with van der Waals surface area (Å²) in [5.74, 6) is 1.08. The first-order chi connectivity index (χ1) is 8.74. The maximum Gasteiger partial charge on any atom is 0.159 e. The highest BCUT2D eigenvalue weighted by molar-refractivity contribution is 5.94. The molecule has 0 amide bonds. The van der Waals surface area contributed by atoms with Crippen molar-refractivity contribution < 1.29 is 4.79 Å². The molecule has 1 aliphatic heterocycles. The first-order valence-electron chi connectivity index (χ1n) is 7.13. The zero-order valence-corrected chi connectivity index (χ0v) is 11.1. The standard InChI is InChI=1S/C16H21NO/c1-12(18)14-7-8-16-15(10-14)6-3-9-17(16)11-13-4-2-5-13/h7-8,10,13H,2-6,9,11H2,1H3. The van der Waals surface area contributed by atoms with E-state index in [-0.39, 0.29) is 5.78 Å². The summed E-state index contributed by atoms with van der Waals surface area (Å²) in [6, 6.07) is 6.24. The molecule has 1 aromatic carbocycles. The second-order valence-corrected chi connectivity index (χ2v) is 5.75. The topological polar surface area (TPSA) is 20.3 Å². The van der Waals surface area contributed by atoms with Crippen molar-refractivity contribution in [2.45, 2.75) is 39.0 Å². The van der Waals surface area contributed by atoms with Gasteiger partial charge >= 0.3 is 0 Å². The number of hydrogen-bond acceptors (Lipinski definition) is 2. The highest BCUT2D eigenvalue weighted by Gasteiger charge is 2.24. The number of carbonyl (C=O) groups is 1. The Bertz CT molecular complexity index is 462. The van der Waals surface area contributed by atoms with Crippen LogP contribution in [0, 0.1) is 5.92 Å². The SMILES string of the molecule is CC(=O)c1ccc2c(c1)CCCN2CC1CCC1. The Labute approximate surface area is 109 Å². The van der Waals surface area contributed by atoms with Crippen LogP contribution in [0.15, 0.2) is 18.2 Å². The first kappa shape index (κ1) is 11.8. The minimum absolute atomic E-state index is 0.175. The molecule has 3 rings (SSSR count). The Hall–Kier alpha value is -1.31. The van der Waals surface area contributed by atoms with Gasteiger partial charge in [-0.05, 0) is 62.3 Å². The minimum Gasteiger partial charge on any atom is -0.371 e. The van der Waals surface area contributed by atoms with E-state index in [0.29, 0.717) is 0 Å². The first-order valence-corrected chi connectivity index (χ1v) is 7.13. The van der Waals surface area contributed by atoms with Crippen molar-refractivity contribution in [2.24, 2.45) is 5.92 Å². The smallest absolute Gasteiger partial charge is 0.159 e. The van der Waals surface area contributed by atoms with Gasteiger partial charge in [0.05, 0.1) is 0 Å². The van der Waals surface area contributed by atoms with Crippen LogP contribution in [0.4, 0.5) is 5.69 Å². The lowest BCUT2D eigenvalue weighted by Gasteiger charge is -2.37. The Morgan fingerprint density at radius 1 is 1.33 bits per heavy atom. The summed E-state index contributed by atoms with van der Waals surface area (Å²) in [6.07, 6.45) is 6.56. The number of rotatable bonds is 3. The Morgan fingerprint density at radius 2 is 2.17 bits per heavy atom. The van der Waals surface area contributed by atoms with Crippen molar-refractivity contribution in [2.75, 3.05) is 18.0 Å². The number of hydrogen-bond donors (Lipinski definition) is 0. The largest absolute Gasteiger partial charge is 0.371 e. The van der Waals surface area contributed by atoms with Gasteiger partial charge in [0.15, 0.2) is 5.78 Å². The third-order valence-corrected chi connectivity index (χ3v) is 4.40. The lowest BCUT2D eigenvalue weighted by atomic mass is 9.84. The van der Waals surface area contributed by atoms with Crippen LogP contribution < -0.4 is 4.90 Å². The molecule has 0 atom stereocenters. The molecule has 2 aliphatic rings. The Balaban J connectivity index is 1.83. The number of nitrogens with zero attached hydrogens (tertiary/aromatic N) is 1. The molecule has 96 valence electrons. The van der Waals surface area contributed by atoms with E-state index in [2.05, 4.69) is 17.0 Å². The molecule has 18 heavy (non-hydrogen) atoms. The minimum atomic E-state index is 0.175. The zero-order valence-electron chi connectivity index (χ0n) is 11.1. The second kappa shape index (κ2) is 4.75. The number of fused-ring (bicyclic) bond motifs is 1. The van der Waals surface area contributed by atoms with Gasteiger partial charge in [-0.15, -0.1) is 0 Å². The molecule has 1 saturated carbocycles. The maximum absolute atomic E-state index is 11.4. The highest BCUT2D eigenvalue weighted by atomic mass is 16.1. The molecule has 1 aromatic rings. The predicted molar refractivity (Wildman–Crippen MR) is 74.3 cm³/mol. The summed E-state index contributed by atoms with van der Waals surface area (Å²) >= 11 is 0. The van der Waals surface area contributed by atoms with Gasteiger partial charge in [0.25, 0.3) is 0 Å². The molecule has 1 aliphatic carbocycles. The number of aryl methyl sites for hydroxylation is 1. The van der Waals surface area contributed by atoms with E-state index in [1.807, 2.05) is 6.07 Å². The van der Waals surface area contributed by atoms with E-state index in [0.717, 1.165) is 17.9 Å². The Morgan fingerprint density at radius 3 is 2.83 bits per heavy atom. The van der Waals surface area contributed by atoms with Crippen LogP contribution in [-0.2, 0) is 6.42 Å². The molecular weight excluding hydrogens is 222 g/mol. The molecule has 0 bridgehead atoms. The van der Waals surface area contributed by atoms with Crippen LogP contribution >= 0.6 is 0 Å². The average molecular weight is 243 g/mol. The van der Waals surface area contributed by atoms with Crippen LogP contribution in [0.25, 0.3) is 0 Å². The van der Waals surface area contributed by atoms with Gasteiger partial charge in [-0.3, -0.25) is 4.79 Å². The third kappa shape index (κ3) is 2.16. The van der Waals surface area contributed by atoms with E-state index in [1.165, 1.54) is 50.0 Å². The fraction of sp³-hybridized carbons (Fsp3) is 0.562. The summed E-state index contributed by atoms with van der Waals surface area (Å²) < 4.78 is 0. The van der Waals surface area contributed by atoms with E-state index in [4.69, 9.17) is 0 Å². The predicted octanol–water partition coefficient (Wildman–Crippen LogP) is 3.44. The van der Waals surface area contributed by atoms with E-state index < -0.39 is 0 Å². The molecule has 0 spiro atoms. The lowest BCUT2D eigenvalue weighted by Crippen LogP contribution is -2.36. The second-order valence-electron chi connectivity index (χ2n) is 5.75. The third-order valence-electron chi connectivity index (χ3n) is 4.40. The van der Waals surface area contributed by atoms with Crippen molar-refractivity contribution in [1.29, 1.82) is 0 Å². The van der Waals surface area contributed by atoms with Crippen molar-refractivity contribution in [1.82, 2.24) is 0 Å². The van der Waals surface area contributed by atoms with E-state index >= 15 is 0 Å². The number of carbonyl (C=O) groups excluding carboxylic acids is 1. The molecule has 0 radical (unpaired) electrons. The number of benzene rings is 1. The normalized spacial score (nSPS) is 19.3. The van der Waals surface area contributed by atoms with Crippen LogP contribution in [-0.4, -0.2) is 18.9 Å². The summed E-state index contributed by atoms with van der Waals surface area (Å²) in [6.45, 7) is 4.05. The molecule has 0 saturated heterocycles. The molecular formula is C16H21NO. The Kier molecular flexibility index (Phi) is 3.11. The van der Waals surface area contributed by atoms with Gasteiger partial charge in [0, 0.05) is 24.3 Å². The van der Waals surface area contributed by atoms with Gasteiger partial charge in [-0.2, -0.15) is 0 Å². The maximum atomic E-state index is 11.4. The zero-order chi connectivity index (χ0) is 12.5. The van der Waals surface area contributed by atoms with E-state index in [1.54, 1.807) is 6.92 Å². The molecule has 1 fully saturated rings. The number of Topliss-reactive ketones (excluding diaryl/α,β-unsaturated/α-hetero) is 1. The molecule has 2 nitrogen and oxygen atoms in total. The molecule has 0 N–H and O–H groups in total. The van der Waals surface area contributed by atoms with Crippen LogP contribution in [0.3, 0.4) is 0 Å². The van der Waals surface area contributed by atoms with Gasteiger partial charge in [-0.25, -0.2) is 0 Å². The summed E-state index contributed by atoms with van der Waals surface area (Å²) in [5.41, 5.74) is 3.60. The molecule has 2 heteroatoms. The highest BCUT2D eigenvalue weighted by Crippen LogP contribution is 2.33. The quantitative estimate of drug-likeness (QED) is 0.758. The van der Waals surface area contributed by atoms with Crippen LogP contribution in [0.5, 0.6) is 0 Å². The molecule has 0 aromatic heterocycles. The summed E-state index contributed by atoms with van der Waals surface area (Å²) in [7, 11) is 0.